The van der Waals surface area contributed by atoms with Crippen LogP contribution in [-0.4, -0.2) is 49.9 Å². The number of aliphatic hydroxyl groups excluding tert-OH is 1. The van der Waals surface area contributed by atoms with Gasteiger partial charge in [-0.2, -0.15) is 5.10 Å². The molecule has 4 rings (SSSR count). The maximum Gasteiger partial charge on any atom is 0.337 e. The molecule has 0 aromatic heterocycles. The highest BCUT2D eigenvalue weighted by atomic mass is 79.9. The van der Waals surface area contributed by atoms with Gasteiger partial charge < -0.3 is 34.7 Å². The SMILES string of the molecule is CCOc1cc([C@H]2NC(=O)NC(C)=C2C(=O)OC)ccc1OC[C@@H](O)N/N=C/c1cc(Br)cc(Br)c1OCc1ccccc1F. The number of ether oxygens (including phenoxy) is 4. The summed E-state index contributed by atoms with van der Waals surface area (Å²) in [5.74, 6) is 0.145. The quantitative estimate of drug-likeness (QED) is 0.0784. The molecule has 45 heavy (non-hydrogen) atoms. The Hall–Kier alpha value is -4.14. The fourth-order valence-electron chi connectivity index (χ4n) is 4.41. The van der Waals surface area contributed by atoms with Gasteiger partial charge in [-0.3, -0.25) is 5.43 Å². The Kier molecular flexibility index (Phi) is 11.8. The molecule has 0 spiro atoms. The maximum absolute atomic E-state index is 14.1. The first kappa shape index (κ1) is 33.7. The zero-order chi connectivity index (χ0) is 32.5. The molecule has 3 aromatic carbocycles. The molecule has 0 bridgehead atoms. The summed E-state index contributed by atoms with van der Waals surface area (Å²) < 4.78 is 37.8. The number of aliphatic hydroxyl groups is 1. The third kappa shape index (κ3) is 8.74. The normalized spacial score (nSPS) is 15.3. The lowest BCUT2D eigenvalue weighted by Gasteiger charge is -2.28. The molecular formula is C31H31Br2FN4O7. The van der Waals surface area contributed by atoms with Crippen molar-refractivity contribution in [1.82, 2.24) is 16.1 Å². The first-order valence-corrected chi connectivity index (χ1v) is 15.3. The predicted octanol–water partition coefficient (Wildman–Crippen LogP) is 5.45. The molecule has 2 amide bonds. The molecule has 238 valence electrons. The minimum Gasteiger partial charge on any atom is -0.490 e. The fraction of sp³-hybridized carbons (Fsp3) is 0.258. The van der Waals surface area contributed by atoms with Gasteiger partial charge in [0.25, 0.3) is 0 Å². The molecule has 0 radical (unpaired) electrons. The van der Waals surface area contributed by atoms with E-state index in [0.717, 1.165) is 4.47 Å². The van der Waals surface area contributed by atoms with Crippen LogP contribution in [0, 0.1) is 5.82 Å². The molecule has 0 fully saturated rings. The summed E-state index contributed by atoms with van der Waals surface area (Å²) in [6.07, 6.45) is 0.242. The van der Waals surface area contributed by atoms with Gasteiger partial charge in [0, 0.05) is 21.3 Å². The topological polar surface area (TPSA) is 140 Å². The van der Waals surface area contributed by atoms with E-state index in [1.165, 1.54) is 19.4 Å². The molecule has 0 unspecified atom stereocenters. The second-order valence-electron chi connectivity index (χ2n) is 9.60. The smallest absolute Gasteiger partial charge is 0.337 e. The molecule has 0 saturated carbocycles. The number of benzene rings is 3. The Balaban J connectivity index is 1.43. The molecule has 14 heteroatoms. The average molecular weight is 750 g/mol. The van der Waals surface area contributed by atoms with E-state index < -0.39 is 24.3 Å². The summed E-state index contributed by atoms with van der Waals surface area (Å²) in [6.45, 7) is 3.53. The van der Waals surface area contributed by atoms with Crippen molar-refractivity contribution in [2.75, 3.05) is 20.3 Å². The molecular weight excluding hydrogens is 719 g/mol. The zero-order valence-electron chi connectivity index (χ0n) is 24.5. The van der Waals surface area contributed by atoms with Gasteiger partial charge in [0.1, 0.15) is 24.8 Å². The van der Waals surface area contributed by atoms with Crippen LogP contribution in [0.2, 0.25) is 0 Å². The highest BCUT2D eigenvalue weighted by Gasteiger charge is 2.32. The van der Waals surface area contributed by atoms with Crippen molar-refractivity contribution in [3.63, 3.8) is 0 Å². The third-order valence-corrected chi connectivity index (χ3v) is 7.51. The number of esters is 1. The fourth-order valence-corrected chi connectivity index (χ4v) is 5.78. The van der Waals surface area contributed by atoms with Gasteiger partial charge in [0.05, 0.1) is 36.0 Å². The Bertz CT molecular complexity index is 1620. The summed E-state index contributed by atoms with van der Waals surface area (Å²) in [5.41, 5.74) is 4.76. The van der Waals surface area contributed by atoms with E-state index in [4.69, 9.17) is 18.9 Å². The lowest BCUT2D eigenvalue weighted by atomic mass is 9.95. The number of carbonyl (C=O) groups excluding carboxylic acids is 2. The van der Waals surface area contributed by atoms with Gasteiger partial charge in [0.2, 0.25) is 0 Å². The Morgan fingerprint density at radius 1 is 1.13 bits per heavy atom. The van der Waals surface area contributed by atoms with Crippen molar-refractivity contribution in [2.45, 2.75) is 32.7 Å². The minimum absolute atomic E-state index is 0.00248. The van der Waals surface area contributed by atoms with E-state index in [-0.39, 0.29) is 24.6 Å². The van der Waals surface area contributed by atoms with Gasteiger partial charge in [0.15, 0.2) is 17.7 Å². The number of allylic oxidation sites excluding steroid dienone is 1. The van der Waals surface area contributed by atoms with E-state index in [0.29, 0.717) is 50.7 Å². The number of urea groups is 1. The van der Waals surface area contributed by atoms with Crippen LogP contribution in [0.1, 0.15) is 36.6 Å². The largest absolute Gasteiger partial charge is 0.490 e. The number of hydrogen-bond donors (Lipinski definition) is 4. The minimum atomic E-state index is -1.21. The number of nitrogens with one attached hydrogen (secondary N) is 3. The van der Waals surface area contributed by atoms with E-state index in [9.17, 15) is 19.1 Å². The number of carbonyl (C=O) groups is 2. The van der Waals surface area contributed by atoms with Gasteiger partial charge in [-0.05, 0) is 65.7 Å². The van der Waals surface area contributed by atoms with Gasteiger partial charge in [-0.25, -0.2) is 14.0 Å². The third-order valence-electron chi connectivity index (χ3n) is 6.47. The van der Waals surface area contributed by atoms with Crippen molar-refractivity contribution in [2.24, 2.45) is 5.10 Å². The van der Waals surface area contributed by atoms with E-state index in [1.54, 1.807) is 62.4 Å². The molecule has 3 aromatic rings. The first-order valence-electron chi connectivity index (χ1n) is 13.7. The van der Waals surface area contributed by atoms with Gasteiger partial charge >= 0.3 is 12.0 Å². The number of hydrogen-bond acceptors (Lipinski definition) is 9. The Morgan fingerprint density at radius 3 is 2.64 bits per heavy atom. The average Bonchev–Trinajstić information content (AvgIpc) is 3.00. The Labute approximate surface area is 276 Å². The van der Waals surface area contributed by atoms with Crippen LogP contribution < -0.4 is 30.3 Å². The van der Waals surface area contributed by atoms with E-state index >= 15 is 0 Å². The van der Waals surface area contributed by atoms with Crippen LogP contribution in [-0.2, 0) is 16.1 Å². The van der Waals surface area contributed by atoms with Crippen molar-refractivity contribution >= 4 is 50.1 Å². The standard InChI is InChI=1S/C31H31Br2FN4O7/c1-4-43-25-12-18(28-27(30(40)42-3)17(2)36-31(41)37-28)9-10-24(25)44-16-26(39)38-35-14-20-11-21(32)13-22(33)29(20)45-15-19-7-5-6-8-23(19)34/h5-14,26,28,38-39H,4,15-16H2,1-3H3,(H2,36,37,41)/b35-14+/t26-,28-/m1/s1. The molecule has 1 heterocycles. The van der Waals surface area contributed by atoms with Crippen LogP contribution in [0.5, 0.6) is 17.2 Å². The highest BCUT2D eigenvalue weighted by Crippen LogP contribution is 2.35. The van der Waals surface area contributed by atoms with Crippen molar-refractivity contribution < 1.29 is 38.0 Å². The summed E-state index contributed by atoms with van der Waals surface area (Å²) in [6, 6.07) is 13.6. The van der Waals surface area contributed by atoms with Crippen molar-refractivity contribution in [3.8, 4) is 17.2 Å². The van der Waals surface area contributed by atoms with Crippen LogP contribution >= 0.6 is 31.9 Å². The predicted molar refractivity (Wildman–Crippen MR) is 172 cm³/mol. The number of nitrogens with zero attached hydrogens (tertiary/aromatic N) is 1. The number of amides is 2. The summed E-state index contributed by atoms with van der Waals surface area (Å²) in [7, 11) is 1.26. The van der Waals surface area contributed by atoms with Crippen LogP contribution in [0.3, 0.4) is 0 Å². The lowest BCUT2D eigenvalue weighted by molar-refractivity contribution is -0.136. The monoisotopic (exact) mass is 748 g/mol. The van der Waals surface area contributed by atoms with E-state index in [2.05, 4.69) is 53.0 Å². The molecule has 11 nitrogen and oxygen atoms in total. The van der Waals surface area contributed by atoms with Crippen LogP contribution in [0.15, 0.2) is 79.9 Å². The molecule has 0 aliphatic carbocycles. The van der Waals surface area contributed by atoms with Gasteiger partial charge in [-0.15, -0.1) is 0 Å². The molecule has 1 aliphatic heterocycles. The van der Waals surface area contributed by atoms with Gasteiger partial charge in [-0.1, -0.05) is 40.2 Å². The highest BCUT2D eigenvalue weighted by molar-refractivity contribution is 9.11. The molecule has 0 saturated heterocycles. The van der Waals surface area contributed by atoms with E-state index in [1.807, 2.05) is 0 Å². The zero-order valence-corrected chi connectivity index (χ0v) is 27.7. The summed E-state index contributed by atoms with van der Waals surface area (Å²) in [4.78, 5) is 24.6. The number of hydrazone groups is 1. The molecule has 1 aliphatic rings. The van der Waals surface area contributed by atoms with Crippen molar-refractivity contribution in [3.05, 3.63) is 97.3 Å². The maximum atomic E-state index is 14.1. The lowest BCUT2D eigenvalue weighted by Crippen LogP contribution is -2.45. The van der Waals surface area contributed by atoms with Crippen LogP contribution in [0.4, 0.5) is 9.18 Å². The number of methoxy groups -OCH3 is 1. The van der Waals surface area contributed by atoms with Crippen LogP contribution in [0.25, 0.3) is 0 Å². The summed E-state index contributed by atoms with van der Waals surface area (Å²) >= 11 is 6.91. The summed E-state index contributed by atoms with van der Waals surface area (Å²) in [5, 5.41) is 20.0. The van der Waals surface area contributed by atoms with Crippen molar-refractivity contribution in [1.29, 1.82) is 0 Å². The molecule has 4 N–H and O–H groups in total. The second kappa shape index (κ2) is 15.7. The first-order chi connectivity index (χ1) is 21.6. The second-order valence-corrected chi connectivity index (χ2v) is 11.4. The Morgan fingerprint density at radius 2 is 1.91 bits per heavy atom. The number of rotatable bonds is 13. The molecule has 2 atom stereocenters. The number of halogens is 3.